The molecule has 0 aromatic heterocycles. The normalized spacial score (nSPS) is 18.0. The summed E-state index contributed by atoms with van der Waals surface area (Å²) in [7, 11) is 0. The predicted octanol–water partition coefficient (Wildman–Crippen LogP) is 0.704. The van der Waals surface area contributed by atoms with Crippen molar-refractivity contribution >= 4 is 22.6 Å². The van der Waals surface area contributed by atoms with Gasteiger partial charge >= 0.3 is 0 Å². The van der Waals surface area contributed by atoms with Crippen LogP contribution in [0.2, 0.25) is 0 Å². The van der Waals surface area contributed by atoms with Crippen molar-refractivity contribution in [2.75, 3.05) is 4.43 Å². The van der Waals surface area contributed by atoms with E-state index >= 15 is 0 Å². The van der Waals surface area contributed by atoms with Crippen molar-refractivity contribution in [3.63, 3.8) is 0 Å². The van der Waals surface area contributed by atoms with E-state index in [1.807, 2.05) is 6.92 Å². The van der Waals surface area contributed by atoms with Crippen molar-refractivity contribution in [3.05, 3.63) is 0 Å². The zero-order chi connectivity index (χ0) is 6.57. The van der Waals surface area contributed by atoms with Crippen LogP contribution in [-0.4, -0.2) is 16.6 Å². The van der Waals surface area contributed by atoms with E-state index in [-0.39, 0.29) is 6.17 Å². The summed E-state index contributed by atoms with van der Waals surface area (Å²) in [4.78, 5) is 0. The fourth-order valence-electron chi connectivity index (χ4n) is 0.493. The van der Waals surface area contributed by atoms with Crippen LogP contribution in [-0.2, 0) is 0 Å². The topological polar surface area (TPSA) is 38.0 Å². The lowest BCUT2D eigenvalue weighted by atomic mass is 10.4. The quantitative estimate of drug-likeness (QED) is 0.424. The molecule has 0 aliphatic rings. The Morgan fingerprint density at radius 2 is 2.12 bits per heavy atom. The van der Waals surface area contributed by atoms with Gasteiger partial charge in [-0.1, -0.05) is 22.6 Å². The SMILES string of the molecule is CC(N)NC(C)CI. The number of hydrogen-bond acceptors (Lipinski definition) is 2. The molecule has 2 nitrogen and oxygen atoms in total. The molecular weight excluding hydrogens is 215 g/mol. The minimum Gasteiger partial charge on any atom is -0.316 e. The molecule has 0 rings (SSSR count). The smallest absolute Gasteiger partial charge is 0.0519 e. The van der Waals surface area contributed by atoms with Crippen LogP contribution < -0.4 is 11.1 Å². The van der Waals surface area contributed by atoms with E-state index in [1.54, 1.807) is 0 Å². The average Bonchev–Trinajstić information content (AvgIpc) is 1.65. The van der Waals surface area contributed by atoms with E-state index in [0.717, 1.165) is 4.43 Å². The molecule has 0 amide bonds. The van der Waals surface area contributed by atoms with Crippen LogP contribution >= 0.6 is 22.6 Å². The monoisotopic (exact) mass is 228 g/mol. The Morgan fingerprint density at radius 1 is 1.62 bits per heavy atom. The summed E-state index contributed by atoms with van der Waals surface area (Å²) in [5, 5.41) is 3.16. The molecule has 0 aliphatic heterocycles. The van der Waals surface area contributed by atoms with Crippen molar-refractivity contribution in [2.45, 2.75) is 26.1 Å². The van der Waals surface area contributed by atoms with Gasteiger partial charge in [0.25, 0.3) is 0 Å². The van der Waals surface area contributed by atoms with Crippen molar-refractivity contribution in [3.8, 4) is 0 Å². The molecule has 50 valence electrons. The highest BCUT2D eigenvalue weighted by Gasteiger charge is 1.98. The molecule has 0 aliphatic carbocycles. The third-order valence-corrected chi connectivity index (χ3v) is 2.10. The molecule has 3 N–H and O–H groups in total. The Kier molecular flexibility index (Phi) is 4.89. The Balaban J connectivity index is 3.10. The highest BCUT2D eigenvalue weighted by Crippen LogP contribution is 1.88. The lowest BCUT2D eigenvalue weighted by Crippen LogP contribution is -2.41. The van der Waals surface area contributed by atoms with Gasteiger partial charge in [-0.05, 0) is 13.8 Å². The third kappa shape index (κ3) is 4.80. The van der Waals surface area contributed by atoms with E-state index in [0.29, 0.717) is 6.04 Å². The van der Waals surface area contributed by atoms with Crippen LogP contribution in [0.25, 0.3) is 0 Å². The number of nitrogens with one attached hydrogen (secondary N) is 1. The van der Waals surface area contributed by atoms with Gasteiger partial charge in [0.2, 0.25) is 0 Å². The van der Waals surface area contributed by atoms with Crippen molar-refractivity contribution in [2.24, 2.45) is 5.73 Å². The van der Waals surface area contributed by atoms with Crippen LogP contribution in [0, 0.1) is 0 Å². The van der Waals surface area contributed by atoms with Gasteiger partial charge in [-0.2, -0.15) is 0 Å². The Morgan fingerprint density at radius 3 is 2.25 bits per heavy atom. The minimum absolute atomic E-state index is 0.125. The molecule has 2 unspecified atom stereocenters. The first kappa shape index (κ1) is 8.65. The number of halogens is 1. The summed E-state index contributed by atoms with van der Waals surface area (Å²) in [6.07, 6.45) is 0.125. The Labute approximate surface area is 64.4 Å². The fourth-order valence-corrected chi connectivity index (χ4v) is 0.748. The van der Waals surface area contributed by atoms with Gasteiger partial charge < -0.3 is 5.73 Å². The second kappa shape index (κ2) is 4.52. The standard InChI is InChI=1S/C5H13IN2/c1-4(3-6)8-5(2)7/h4-5,8H,3,7H2,1-2H3. The molecule has 0 fully saturated rings. The molecule has 0 bridgehead atoms. The molecule has 3 heteroatoms. The zero-order valence-corrected chi connectivity index (χ0v) is 7.47. The lowest BCUT2D eigenvalue weighted by Gasteiger charge is -2.12. The maximum Gasteiger partial charge on any atom is 0.0519 e. The van der Waals surface area contributed by atoms with Gasteiger partial charge in [-0.15, -0.1) is 0 Å². The average molecular weight is 228 g/mol. The first-order valence-electron chi connectivity index (χ1n) is 2.74. The molecule has 2 atom stereocenters. The van der Waals surface area contributed by atoms with Crippen LogP contribution in [0.5, 0.6) is 0 Å². The predicted molar refractivity (Wildman–Crippen MR) is 45.1 cm³/mol. The van der Waals surface area contributed by atoms with Crippen molar-refractivity contribution in [1.82, 2.24) is 5.32 Å². The lowest BCUT2D eigenvalue weighted by molar-refractivity contribution is 0.511. The van der Waals surface area contributed by atoms with Crippen molar-refractivity contribution < 1.29 is 0 Å². The van der Waals surface area contributed by atoms with Gasteiger partial charge in [0.1, 0.15) is 0 Å². The fraction of sp³-hybridized carbons (Fsp3) is 1.00. The number of hydrogen-bond donors (Lipinski definition) is 2. The highest BCUT2D eigenvalue weighted by molar-refractivity contribution is 14.1. The van der Waals surface area contributed by atoms with Gasteiger partial charge in [-0.3, -0.25) is 5.32 Å². The van der Waals surface area contributed by atoms with Gasteiger partial charge in [0.05, 0.1) is 6.17 Å². The molecule has 0 aromatic carbocycles. The largest absolute Gasteiger partial charge is 0.316 e. The molecular formula is C5H13IN2. The van der Waals surface area contributed by atoms with E-state index in [4.69, 9.17) is 5.73 Å². The van der Waals surface area contributed by atoms with Crippen LogP contribution in [0.4, 0.5) is 0 Å². The molecule has 0 saturated carbocycles. The summed E-state index contributed by atoms with van der Waals surface area (Å²) in [5.41, 5.74) is 5.45. The summed E-state index contributed by atoms with van der Waals surface area (Å²) in [5.74, 6) is 0. The maximum absolute atomic E-state index is 5.45. The minimum atomic E-state index is 0.125. The number of nitrogens with two attached hydrogens (primary N) is 1. The highest BCUT2D eigenvalue weighted by atomic mass is 127. The second-order valence-electron chi connectivity index (χ2n) is 2.01. The Hall–Kier alpha value is 0.650. The van der Waals surface area contributed by atoms with E-state index < -0.39 is 0 Å². The molecule has 0 radical (unpaired) electrons. The number of rotatable bonds is 3. The van der Waals surface area contributed by atoms with Crippen LogP contribution in [0.1, 0.15) is 13.8 Å². The first-order valence-corrected chi connectivity index (χ1v) is 4.27. The third-order valence-electron chi connectivity index (χ3n) is 0.779. The van der Waals surface area contributed by atoms with Gasteiger partial charge in [0.15, 0.2) is 0 Å². The molecule has 0 spiro atoms. The van der Waals surface area contributed by atoms with E-state index in [2.05, 4.69) is 34.8 Å². The molecule has 8 heavy (non-hydrogen) atoms. The Bertz CT molecular complexity index is 56.4. The summed E-state index contributed by atoms with van der Waals surface area (Å²) >= 11 is 2.33. The number of alkyl halides is 1. The van der Waals surface area contributed by atoms with E-state index in [9.17, 15) is 0 Å². The van der Waals surface area contributed by atoms with Gasteiger partial charge in [0, 0.05) is 10.5 Å². The molecule has 0 heterocycles. The van der Waals surface area contributed by atoms with Crippen LogP contribution in [0.3, 0.4) is 0 Å². The molecule has 0 aromatic rings. The van der Waals surface area contributed by atoms with Crippen molar-refractivity contribution in [1.29, 1.82) is 0 Å². The van der Waals surface area contributed by atoms with Crippen LogP contribution in [0.15, 0.2) is 0 Å². The maximum atomic E-state index is 5.45. The summed E-state index contributed by atoms with van der Waals surface area (Å²) in [6, 6.07) is 0.538. The second-order valence-corrected chi connectivity index (χ2v) is 2.89. The molecule has 0 saturated heterocycles. The summed E-state index contributed by atoms with van der Waals surface area (Å²) in [6.45, 7) is 4.07. The van der Waals surface area contributed by atoms with Gasteiger partial charge in [-0.25, -0.2) is 0 Å². The first-order chi connectivity index (χ1) is 3.66. The summed E-state index contributed by atoms with van der Waals surface area (Å²) < 4.78 is 1.11. The van der Waals surface area contributed by atoms with E-state index in [1.165, 1.54) is 0 Å². The zero-order valence-electron chi connectivity index (χ0n) is 5.32.